The van der Waals surface area contributed by atoms with Crippen molar-refractivity contribution in [2.24, 2.45) is 0 Å². The summed E-state index contributed by atoms with van der Waals surface area (Å²) in [5, 5.41) is 14.4. The summed E-state index contributed by atoms with van der Waals surface area (Å²) in [6.45, 7) is 5.60. The van der Waals surface area contributed by atoms with Crippen LogP contribution in [0.3, 0.4) is 0 Å². The Bertz CT molecular complexity index is 2240. The standard InChI is InChI=1S/C30H16F2NO.C7H12O2.Ir/c1-16-12-17(13-23-19(16)10-11-20-24(23)14-18(31)15-25(20)32)29-30-28(21-6-2-4-8-26(21)33-29)22-7-3-5-9-27(22)34-30;1-3-6(8)5-7(9)4-2;/h2-11,13-15H,1H3;5,8H,3-4H2,1-2H3;/q-1;;/p+1/b;6-5-;. The summed E-state index contributed by atoms with van der Waals surface area (Å²) in [6.07, 6.45) is 2.54. The van der Waals surface area contributed by atoms with Crippen molar-refractivity contribution in [3.8, 4) is 11.3 Å². The van der Waals surface area contributed by atoms with Gasteiger partial charge < -0.3 is 9.52 Å². The Hall–Kier alpha value is -4.45. The summed E-state index contributed by atoms with van der Waals surface area (Å²) in [6, 6.07) is 27.1. The van der Waals surface area contributed by atoms with E-state index in [0.717, 1.165) is 55.2 Å². The maximum atomic E-state index is 14.5. The van der Waals surface area contributed by atoms with Gasteiger partial charge in [0.25, 0.3) is 0 Å². The zero-order valence-corrected chi connectivity index (χ0v) is 26.7. The van der Waals surface area contributed by atoms with E-state index in [4.69, 9.17) is 19.3 Å². The summed E-state index contributed by atoms with van der Waals surface area (Å²) < 4.78 is 35.0. The number of rotatable bonds is 4. The van der Waals surface area contributed by atoms with Gasteiger partial charge in [-0.25, -0.2) is 8.78 Å². The first-order chi connectivity index (χ1) is 20.8. The molecule has 5 aromatic carbocycles. The van der Waals surface area contributed by atoms with Crippen molar-refractivity contribution in [2.45, 2.75) is 33.6 Å². The van der Waals surface area contributed by atoms with Gasteiger partial charge in [-0.3, -0.25) is 9.78 Å². The molecule has 2 aromatic heterocycles. The number of aliphatic hydroxyl groups excluding tert-OH is 1. The van der Waals surface area contributed by atoms with E-state index in [1.165, 1.54) is 12.1 Å². The Labute approximate surface area is 266 Å². The predicted octanol–water partition coefficient (Wildman–Crippen LogP) is 10.3. The molecule has 0 atom stereocenters. The molecule has 7 aromatic rings. The van der Waals surface area contributed by atoms with E-state index < -0.39 is 11.6 Å². The molecule has 0 amide bonds. The molecule has 0 aliphatic rings. The second-order valence-corrected chi connectivity index (χ2v) is 10.4. The summed E-state index contributed by atoms with van der Waals surface area (Å²) >= 11 is 0. The van der Waals surface area contributed by atoms with Crippen molar-refractivity contribution in [3.63, 3.8) is 0 Å². The van der Waals surface area contributed by atoms with Gasteiger partial charge in [0.2, 0.25) is 0 Å². The van der Waals surface area contributed by atoms with Gasteiger partial charge in [0.05, 0.1) is 18.0 Å². The van der Waals surface area contributed by atoms with Gasteiger partial charge in [0.15, 0.2) is 0 Å². The molecule has 7 heteroatoms. The summed E-state index contributed by atoms with van der Waals surface area (Å²) in [4.78, 5) is 13.8. The van der Waals surface area contributed by atoms with Crippen LogP contribution in [0.5, 0.6) is 0 Å². The van der Waals surface area contributed by atoms with E-state index >= 15 is 0 Å². The quantitative estimate of drug-likeness (QED) is 0.0638. The SMILES string of the molecule is CCC(=[OH+])/C=C(\O)CC.Cc1[c-]c(-c2nc3ccccc3c3c2oc2ccccc23)cc2c1ccc1c(F)cc(F)cc12.[Ir]. The number of ketones is 1. The van der Waals surface area contributed by atoms with Crippen LogP contribution in [0, 0.1) is 24.6 Å². The summed E-state index contributed by atoms with van der Waals surface area (Å²) in [5.41, 5.74) is 4.55. The van der Waals surface area contributed by atoms with Gasteiger partial charge >= 0.3 is 5.78 Å². The molecule has 0 spiro atoms. The van der Waals surface area contributed by atoms with Crippen LogP contribution in [0.1, 0.15) is 32.3 Å². The molecule has 4 nitrogen and oxygen atoms in total. The largest absolute Gasteiger partial charge is 0.512 e. The maximum Gasteiger partial charge on any atom is 0.319 e. The zero-order valence-electron chi connectivity index (χ0n) is 24.3. The second-order valence-electron chi connectivity index (χ2n) is 10.4. The van der Waals surface area contributed by atoms with E-state index in [0.29, 0.717) is 34.9 Å². The summed E-state index contributed by atoms with van der Waals surface area (Å²) in [7, 11) is 0. The van der Waals surface area contributed by atoms with Crippen molar-refractivity contribution in [2.75, 3.05) is 0 Å². The third-order valence-electron chi connectivity index (χ3n) is 7.64. The molecule has 0 saturated carbocycles. The Morgan fingerprint density at radius 3 is 2.30 bits per heavy atom. The Balaban J connectivity index is 0.000000338. The Morgan fingerprint density at radius 1 is 0.864 bits per heavy atom. The fourth-order valence-electron chi connectivity index (χ4n) is 5.45. The topological polar surface area (TPSA) is 67.7 Å². The van der Waals surface area contributed by atoms with Crippen LogP contribution in [0.15, 0.2) is 95.1 Å². The third kappa shape index (κ3) is 5.61. The van der Waals surface area contributed by atoms with Crippen LogP contribution in [0.2, 0.25) is 0 Å². The molecule has 1 radical (unpaired) electrons. The van der Waals surface area contributed by atoms with Gasteiger partial charge in [-0.05, 0) is 23.6 Å². The van der Waals surface area contributed by atoms with Gasteiger partial charge in [0.1, 0.15) is 28.6 Å². The molecule has 7 rings (SSSR count). The molecule has 0 fully saturated rings. The zero-order chi connectivity index (χ0) is 30.2. The number of pyridine rings is 1. The first-order valence-electron chi connectivity index (χ1n) is 14.2. The smallest absolute Gasteiger partial charge is 0.319 e. The molecule has 0 bridgehead atoms. The van der Waals surface area contributed by atoms with Crippen LogP contribution in [-0.2, 0) is 20.1 Å². The minimum atomic E-state index is -0.604. The number of hydrogen-bond donors (Lipinski definition) is 1. The number of fused-ring (bicyclic) bond motifs is 8. The van der Waals surface area contributed by atoms with E-state index in [-0.39, 0.29) is 31.6 Å². The first kappa shape index (κ1) is 31.0. The van der Waals surface area contributed by atoms with Crippen molar-refractivity contribution < 1.29 is 43.2 Å². The van der Waals surface area contributed by atoms with E-state index in [2.05, 4.69) is 6.07 Å². The van der Waals surface area contributed by atoms with Crippen LogP contribution in [0.4, 0.5) is 8.78 Å². The maximum absolute atomic E-state index is 14.5. The molecule has 0 aliphatic carbocycles. The Morgan fingerprint density at radius 2 is 1.55 bits per heavy atom. The monoisotopic (exact) mass is 766 g/mol. The molecule has 223 valence electrons. The number of allylic oxidation sites excluding steroid dienone is 2. The average molecular weight is 766 g/mol. The average Bonchev–Trinajstić information content (AvgIpc) is 3.40. The molecule has 0 unspecified atom stereocenters. The van der Waals surface area contributed by atoms with Crippen molar-refractivity contribution in [1.29, 1.82) is 0 Å². The van der Waals surface area contributed by atoms with E-state index in [1.54, 1.807) is 6.07 Å². The molecule has 2 heterocycles. The normalized spacial score (nSPS) is 11.6. The van der Waals surface area contributed by atoms with Gasteiger partial charge in [0, 0.05) is 59.8 Å². The van der Waals surface area contributed by atoms with Crippen molar-refractivity contribution in [3.05, 3.63) is 114 Å². The second kappa shape index (κ2) is 12.6. The number of furan rings is 1. The number of aromatic nitrogens is 1. The molecule has 2 N–H and O–H groups in total. The van der Waals surface area contributed by atoms with Crippen molar-refractivity contribution in [1.82, 2.24) is 4.98 Å². The Kier molecular flexibility index (Phi) is 8.91. The number of carbonyl (C=O) groups excluding carboxylic acids is 1. The molecule has 44 heavy (non-hydrogen) atoms. The van der Waals surface area contributed by atoms with Gasteiger partial charge in [-0.1, -0.05) is 80.1 Å². The van der Waals surface area contributed by atoms with Crippen LogP contribution in [-0.4, -0.2) is 20.7 Å². The molecular formula is C37H29F2IrNO3. The van der Waals surface area contributed by atoms with Crippen LogP contribution in [0.25, 0.3) is 65.6 Å². The number of benzene rings is 5. The number of para-hydroxylation sites is 2. The van der Waals surface area contributed by atoms with Crippen molar-refractivity contribution >= 4 is 60.2 Å². The van der Waals surface area contributed by atoms with Crippen LogP contribution < -0.4 is 0 Å². The number of nitrogens with zero attached hydrogens (tertiary/aromatic N) is 1. The first-order valence-corrected chi connectivity index (χ1v) is 14.2. The number of aliphatic hydroxyl groups is 1. The predicted molar refractivity (Wildman–Crippen MR) is 171 cm³/mol. The number of hydrogen-bond acceptors (Lipinski definition) is 3. The van der Waals surface area contributed by atoms with Crippen LogP contribution >= 0.6 is 0 Å². The summed E-state index contributed by atoms with van der Waals surface area (Å²) in [5.74, 6) is -0.718. The van der Waals surface area contributed by atoms with E-state index in [1.807, 2.05) is 81.4 Å². The molecular weight excluding hydrogens is 737 g/mol. The minimum absolute atomic E-state index is 0. The fourth-order valence-corrected chi connectivity index (χ4v) is 5.45. The molecule has 0 saturated heterocycles. The third-order valence-corrected chi connectivity index (χ3v) is 7.64. The van der Waals surface area contributed by atoms with E-state index in [9.17, 15) is 8.78 Å². The van der Waals surface area contributed by atoms with Gasteiger partial charge in [-0.15, -0.1) is 23.3 Å². The molecule has 0 aliphatic heterocycles. The minimum Gasteiger partial charge on any atom is -0.512 e. The number of aryl methyl sites for hydroxylation is 1. The number of halogens is 2. The van der Waals surface area contributed by atoms with Gasteiger partial charge in [-0.2, -0.15) is 0 Å². The fraction of sp³-hybridized carbons (Fsp3) is 0.135.